The van der Waals surface area contributed by atoms with Crippen molar-refractivity contribution < 1.29 is 24.2 Å². The Kier molecular flexibility index (Phi) is 8.30. The van der Waals surface area contributed by atoms with E-state index in [2.05, 4.69) is 16.0 Å². The molecule has 0 bridgehead atoms. The van der Waals surface area contributed by atoms with Crippen LogP contribution in [0.4, 0.5) is 4.79 Å². The Balaban J connectivity index is 4.24. The van der Waals surface area contributed by atoms with Gasteiger partial charge in [0.15, 0.2) is 0 Å². The van der Waals surface area contributed by atoms with Crippen LogP contribution in [-0.4, -0.2) is 55.4 Å². The van der Waals surface area contributed by atoms with Gasteiger partial charge in [-0.1, -0.05) is 13.8 Å². The molecule has 0 aliphatic heterocycles. The highest BCUT2D eigenvalue weighted by atomic mass is 16.5. The molecular weight excluding hydrogens is 266 g/mol. The molecule has 4 N–H and O–H groups in total. The van der Waals surface area contributed by atoms with E-state index in [1.54, 1.807) is 13.8 Å². The second-order valence-corrected chi connectivity index (χ2v) is 4.68. The molecular formula is C12H23N3O5. The van der Waals surface area contributed by atoms with Crippen LogP contribution in [-0.2, 0) is 14.3 Å². The van der Waals surface area contributed by atoms with Crippen LogP contribution in [0.15, 0.2) is 0 Å². The molecule has 8 heteroatoms. The third kappa shape index (κ3) is 6.93. The van der Waals surface area contributed by atoms with Gasteiger partial charge in [0.2, 0.25) is 5.91 Å². The van der Waals surface area contributed by atoms with Crippen molar-refractivity contribution in [2.45, 2.75) is 32.9 Å². The number of carboxylic acids is 1. The first-order chi connectivity index (χ1) is 9.29. The summed E-state index contributed by atoms with van der Waals surface area (Å²) in [7, 11) is 1.51. The van der Waals surface area contributed by atoms with Crippen molar-refractivity contribution in [2.24, 2.45) is 5.92 Å². The number of methoxy groups -OCH3 is 1. The molecule has 0 radical (unpaired) electrons. The first-order valence-corrected chi connectivity index (χ1v) is 6.36. The number of carbonyl (C=O) groups is 3. The fourth-order valence-electron chi connectivity index (χ4n) is 1.39. The maximum absolute atomic E-state index is 11.6. The smallest absolute Gasteiger partial charge is 0.326 e. The van der Waals surface area contributed by atoms with Crippen molar-refractivity contribution in [3.8, 4) is 0 Å². The van der Waals surface area contributed by atoms with Gasteiger partial charge in [-0.3, -0.25) is 4.79 Å². The molecule has 20 heavy (non-hydrogen) atoms. The zero-order valence-corrected chi connectivity index (χ0v) is 12.2. The molecule has 0 spiro atoms. The minimum atomic E-state index is -1.12. The second-order valence-electron chi connectivity index (χ2n) is 4.68. The van der Waals surface area contributed by atoms with Crippen molar-refractivity contribution in [3.63, 3.8) is 0 Å². The maximum atomic E-state index is 11.6. The highest BCUT2D eigenvalue weighted by Crippen LogP contribution is 2.01. The Morgan fingerprint density at radius 1 is 1.15 bits per heavy atom. The number of carbonyl (C=O) groups excluding carboxylic acids is 2. The van der Waals surface area contributed by atoms with Gasteiger partial charge < -0.3 is 25.8 Å². The third-order valence-electron chi connectivity index (χ3n) is 2.57. The van der Waals surface area contributed by atoms with Crippen LogP contribution in [0, 0.1) is 5.92 Å². The molecule has 0 aromatic heterocycles. The van der Waals surface area contributed by atoms with Crippen molar-refractivity contribution in [1.29, 1.82) is 0 Å². The van der Waals surface area contributed by atoms with Gasteiger partial charge >= 0.3 is 12.0 Å². The number of carboxylic acid groups (broad SMARTS) is 1. The Bertz CT molecular complexity index is 346. The van der Waals surface area contributed by atoms with Crippen molar-refractivity contribution in [2.75, 3.05) is 20.3 Å². The Hall–Kier alpha value is -1.83. The number of hydrogen-bond acceptors (Lipinski definition) is 4. The molecule has 0 aromatic carbocycles. The van der Waals surface area contributed by atoms with Crippen LogP contribution in [0.1, 0.15) is 20.8 Å². The highest BCUT2D eigenvalue weighted by Gasteiger charge is 2.24. The van der Waals surface area contributed by atoms with Gasteiger partial charge in [0.25, 0.3) is 0 Å². The van der Waals surface area contributed by atoms with E-state index in [1.807, 2.05) is 0 Å². The fourth-order valence-corrected chi connectivity index (χ4v) is 1.39. The van der Waals surface area contributed by atoms with Crippen molar-refractivity contribution >= 4 is 17.9 Å². The minimum absolute atomic E-state index is 0.260. The molecule has 116 valence electrons. The van der Waals surface area contributed by atoms with Gasteiger partial charge in [0.05, 0.1) is 6.61 Å². The molecule has 1 unspecified atom stereocenters. The summed E-state index contributed by atoms with van der Waals surface area (Å²) in [6, 6.07) is -2.47. The Morgan fingerprint density at radius 3 is 2.20 bits per heavy atom. The topological polar surface area (TPSA) is 117 Å². The lowest BCUT2D eigenvalue weighted by molar-refractivity contribution is -0.140. The molecule has 0 saturated heterocycles. The van der Waals surface area contributed by atoms with Gasteiger partial charge in [-0.05, 0) is 12.8 Å². The molecule has 0 rings (SSSR count). The van der Waals surface area contributed by atoms with Gasteiger partial charge in [-0.25, -0.2) is 9.59 Å². The van der Waals surface area contributed by atoms with E-state index < -0.39 is 24.1 Å². The van der Waals surface area contributed by atoms with E-state index in [0.29, 0.717) is 13.2 Å². The maximum Gasteiger partial charge on any atom is 0.326 e. The first kappa shape index (κ1) is 18.2. The summed E-state index contributed by atoms with van der Waals surface area (Å²) in [6.07, 6.45) is 0. The SMILES string of the molecule is COCCNC(=O)C(C)NC(=O)N[C@H](C(=O)O)C(C)C. The van der Waals surface area contributed by atoms with E-state index in [-0.39, 0.29) is 11.8 Å². The van der Waals surface area contributed by atoms with Crippen LogP contribution >= 0.6 is 0 Å². The monoisotopic (exact) mass is 289 g/mol. The number of aliphatic carboxylic acids is 1. The molecule has 3 amide bonds. The average Bonchev–Trinajstić information content (AvgIpc) is 2.35. The molecule has 0 aliphatic rings. The molecule has 0 saturated carbocycles. The average molecular weight is 289 g/mol. The molecule has 2 atom stereocenters. The lowest BCUT2D eigenvalue weighted by atomic mass is 10.1. The zero-order chi connectivity index (χ0) is 15.7. The second kappa shape index (κ2) is 9.13. The zero-order valence-electron chi connectivity index (χ0n) is 12.2. The number of hydrogen-bond donors (Lipinski definition) is 4. The predicted molar refractivity (Wildman–Crippen MR) is 72.3 cm³/mol. The summed E-state index contributed by atoms with van der Waals surface area (Å²) in [5, 5.41) is 16.2. The largest absolute Gasteiger partial charge is 0.480 e. The summed E-state index contributed by atoms with van der Waals surface area (Å²) in [5.41, 5.74) is 0. The number of amides is 3. The van der Waals surface area contributed by atoms with Crippen LogP contribution in [0.3, 0.4) is 0 Å². The van der Waals surface area contributed by atoms with Gasteiger partial charge in [-0.2, -0.15) is 0 Å². The van der Waals surface area contributed by atoms with Gasteiger partial charge in [0, 0.05) is 13.7 Å². The molecule has 0 fully saturated rings. The van der Waals surface area contributed by atoms with Crippen LogP contribution in [0.5, 0.6) is 0 Å². The quantitative estimate of drug-likeness (QED) is 0.451. The van der Waals surface area contributed by atoms with Crippen molar-refractivity contribution in [3.05, 3.63) is 0 Å². The summed E-state index contributed by atoms with van der Waals surface area (Å²) in [6.45, 7) is 5.58. The number of urea groups is 1. The molecule has 0 aromatic rings. The number of ether oxygens (including phenoxy) is 1. The van der Waals surface area contributed by atoms with Crippen molar-refractivity contribution in [1.82, 2.24) is 16.0 Å². The Morgan fingerprint density at radius 2 is 1.75 bits per heavy atom. The van der Waals surface area contributed by atoms with E-state index in [4.69, 9.17) is 9.84 Å². The molecule has 0 heterocycles. The van der Waals surface area contributed by atoms with Gasteiger partial charge in [0.1, 0.15) is 12.1 Å². The molecule has 0 aliphatic carbocycles. The van der Waals surface area contributed by atoms with E-state index >= 15 is 0 Å². The Labute approximate surface area is 118 Å². The molecule has 8 nitrogen and oxygen atoms in total. The van der Waals surface area contributed by atoms with Crippen LogP contribution in [0.2, 0.25) is 0 Å². The summed E-state index contributed by atoms with van der Waals surface area (Å²) < 4.78 is 4.78. The van der Waals surface area contributed by atoms with Crippen LogP contribution in [0.25, 0.3) is 0 Å². The summed E-state index contributed by atoms with van der Waals surface area (Å²) in [5.74, 6) is -1.75. The lowest BCUT2D eigenvalue weighted by Gasteiger charge is -2.20. The van der Waals surface area contributed by atoms with E-state index in [9.17, 15) is 14.4 Å². The van der Waals surface area contributed by atoms with E-state index in [1.165, 1.54) is 14.0 Å². The summed E-state index contributed by atoms with van der Waals surface area (Å²) in [4.78, 5) is 34.1. The van der Waals surface area contributed by atoms with Gasteiger partial charge in [-0.15, -0.1) is 0 Å². The number of nitrogens with one attached hydrogen (secondary N) is 3. The number of rotatable bonds is 8. The van der Waals surface area contributed by atoms with E-state index in [0.717, 1.165) is 0 Å². The normalized spacial score (nSPS) is 13.4. The third-order valence-corrected chi connectivity index (χ3v) is 2.57. The highest BCUT2D eigenvalue weighted by molar-refractivity contribution is 5.88. The minimum Gasteiger partial charge on any atom is -0.480 e. The first-order valence-electron chi connectivity index (χ1n) is 6.36. The lowest BCUT2D eigenvalue weighted by Crippen LogP contribution is -2.53. The predicted octanol–water partition coefficient (Wildman–Crippen LogP) is -0.454. The summed E-state index contributed by atoms with van der Waals surface area (Å²) >= 11 is 0. The fraction of sp³-hybridized carbons (Fsp3) is 0.750. The van der Waals surface area contributed by atoms with Crippen LogP contribution < -0.4 is 16.0 Å². The standard InChI is InChI=1S/C12H23N3O5/c1-7(2)9(11(17)18)15-12(19)14-8(3)10(16)13-5-6-20-4/h7-9H,5-6H2,1-4H3,(H,13,16)(H,17,18)(H2,14,15,19)/t8?,9-/m0/s1.